The molecule has 0 aromatic rings. The molecule has 0 amide bonds. The van der Waals surface area contributed by atoms with Gasteiger partial charge in [-0.3, -0.25) is 0 Å². The van der Waals surface area contributed by atoms with E-state index in [2.05, 4.69) is 46.9 Å². The molecule has 1 fully saturated rings. The fourth-order valence-electron chi connectivity index (χ4n) is 2.69. The topological polar surface area (TPSA) is 12.0 Å². The van der Waals surface area contributed by atoms with Crippen LogP contribution in [0.1, 0.15) is 60.8 Å². The lowest BCUT2D eigenvalue weighted by Gasteiger charge is -2.37. The van der Waals surface area contributed by atoms with Gasteiger partial charge in [-0.2, -0.15) is 0 Å². The van der Waals surface area contributed by atoms with Crippen LogP contribution in [0.15, 0.2) is 0 Å². The first kappa shape index (κ1) is 13.0. The first-order valence-electron chi connectivity index (χ1n) is 6.55. The van der Waals surface area contributed by atoms with E-state index < -0.39 is 0 Å². The molecule has 1 rings (SSSR count). The van der Waals surface area contributed by atoms with Crippen molar-refractivity contribution >= 4 is 0 Å². The molecule has 0 aromatic heterocycles. The average molecular weight is 211 g/mol. The lowest BCUT2D eigenvalue weighted by atomic mass is 9.79. The van der Waals surface area contributed by atoms with Crippen LogP contribution in [0.4, 0.5) is 0 Å². The second kappa shape index (κ2) is 4.86. The van der Waals surface area contributed by atoms with Crippen molar-refractivity contribution in [3.63, 3.8) is 0 Å². The molecule has 3 atom stereocenters. The Kier molecular flexibility index (Phi) is 4.22. The summed E-state index contributed by atoms with van der Waals surface area (Å²) in [6.45, 7) is 14.1. The highest BCUT2D eigenvalue weighted by Gasteiger charge is 2.28. The van der Waals surface area contributed by atoms with E-state index in [-0.39, 0.29) is 0 Å². The SMILES string of the molecule is CC1CC(C)CC(NC(C)C(C)(C)C)C1. The molecule has 1 nitrogen and oxygen atoms in total. The van der Waals surface area contributed by atoms with Crippen LogP contribution < -0.4 is 5.32 Å². The minimum atomic E-state index is 0.379. The highest BCUT2D eigenvalue weighted by Crippen LogP contribution is 2.30. The van der Waals surface area contributed by atoms with Crippen molar-refractivity contribution in [3.05, 3.63) is 0 Å². The zero-order valence-electron chi connectivity index (χ0n) is 11.4. The Morgan fingerprint density at radius 2 is 1.47 bits per heavy atom. The molecule has 0 bridgehead atoms. The second-order valence-electron chi connectivity index (χ2n) is 6.87. The van der Waals surface area contributed by atoms with Crippen LogP contribution in [0.2, 0.25) is 0 Å². The van der Waals surface area contributed by atoms with Crippen molar-refractivity contribution in [2.24, 2.45) is 17.3 Å². The third-order valence-corrected chi connectivity index (χ3v) is 3.96. The summed E-state index contributed by atoms with van der Waals surface area (Å²) in [5.74, 6) is 1.80. The van der Waals surface area contributed by atoms with Gasteiger partial charge in [0.25, 0.3) is 0 Å². The fourth-order valence-corrected chi connectivity index (χ4v) is 2.69. The molecular weight excluding hydrogens is 182 g/mol. The van der Waals surface area contributed by atoms with Gasteiger partial charge in [-0.15, -0.1) is 0 Å². The molecule has 1 saturated carbocycles. The Balaban J connectivity index is 2.44. The predicted octanol–water partition coefficient (Wildman–Crippen LogP) is 3.84. The van der Waals surface area contributed by atoms with Gasteiger partial charge < -0.3 is 5.32 Å². The van der Waals surface area contributed by atoms with Gasteiger partial charge >= 0.3 is 0 Å². The number of nitrogens with one attached hydrogen (secondary N) is 1. The van der Waals surface area contributed by atoms with Gasteiger partial charge in [0.05, 0.1) is 0 Å². The summed E-state index contributed by atoms with van der Waals surface area (Å²) in [5.41, 5.74) is 0.379. The van der Waals surface area contributed by atoms with Crippen molar-refractivity contribution in [3.8, 4) is 0 Å². The standard InChI is InChI=1S/C14H29N/c1-10-7-11(2)9-13(8-10)15-12(3)14(4,5)6/h10-13,15H,7-9H2,1-6H3. The Morgan fingerprint density at radius 3 is 1.87 bits per heavy atom. The highest BCUT2D eigenvalue weighted by atomic mass is 15.0. The zero-order valence-corrected chi connectivity index (χ0v) is 11.4. The van der Waals surface area contributed by atoms with Crippen molar-refractivity contribution in [1.29, 1.82) is 0 Å². The molecule has 0 heterocycles. The van der Waals surface area contributed by atoms with Crippen molar-refractivity contribution in [2.75, 3.05) is 0 Å². The van der Waals surface area contributed by atoms with Crippen LogP contribution in [0, 0.1) is 17.3 Å². The monoisotopic (exact) mass is 211 g/mol. The summed E-state index contributed by atoms with van der Waals surface area (Å²) in [7, 11) is 0. The van der Waals surface area contributed by atoms with Crippen LogP contribution in [-0.4, -0.2) is 12.1 Å². The van der Waals surface area contributed by atoms with E-state index >= 15 is 0 Å². The molecule has 1 aliphatic carbocycles. The fraction of sp³-hybridized carbons (Fsp3) is 1.00. The van der Waals surface area contributed by atoms with Crippen LogP contribution in [-0.2, 0) is 0 Å². The quantitative estimate of drug-likeness (QED) is 0.732. The molecule has 0 spiro atoms. The van der Waals surface area contributed by atoms with Crippen LogP contribution in [0.5, 0.6) is 0 Å². The van der Waals surface area contributed by atoms with E-state index in [1.165, 1.54) is 19.3 Å². The average Bonchev–Trinajstić information content (AvgIpc) is 1.99. The van der Waals surface area contributed by atoms with Crippen LogP contribution in [0.3, 0.4) is 0 Å². The van der Waals surface area contributed by atoms with Gasteiger partial charge in [-0.05, 0) is 43.4 Å². The number of hydrogen-bond donors (Lipinski definition) is 1. The van der Waals surface area contributed by atoms with Gasteiger partial charge in [0.15, 0.2) is 0 Å². The summed E-state index contributed by atoms with van der Waals surface area (Å²) in [4.78, 5) is 0. The predicted molar refractivity (Wildman–Crippen MR) is 68.0 cm³/mol. The van der Waals surface area contributed by atoms with Crippen LogP contribution >= 0.6 is 0 Å². The van der Waals surface area contributed by atoms with Crippen LogP contribution in [0.25, 0.3) is 0 Å². The van der Waals surface area contributed by atoms with Gasteiger partial charge in [0, 0.05) is 12.1 Å². The largest absolute Gasteiger partial charge is 0.311 e. The minimum Gasteiger partial charge on any atom is -0.311 e. The lowest BCUT2D eigenvalue weighted by molar-refractivity contribution is 0.189. The smallest absolute Gasteiger partial charge is 0.00898 e. The van der Waals surface area contributed by atoms with Crippen molar-refractivity contribution in [2.45, 2.75) is 72.9 Å². The third kappa shape index (κ3) is 4.14. The van der Waals surface area contributed by atoms with Gasteiger partial charge in [-0.25, -0.2) is 0 Å². The molecule has 1 aliphatic rings. The van der Waals surface area contributed by atoms with Crippen molar-refractivity contribution < 1.29 is 0 Å². The normalized spacial score (nSPS) is 35.2. The van der Waals surface area contributed by atoms with E-state index in [0.717, 1.165) is 17.9 Å². The van der Waals surface area contributed by atoms with E-state index in [1.54, 1.807) is 0 Å². The molecule has 3 unspecified atom stereocenters. The van der Waals surface area contributed by atoms with E-state index in [4.69, 9.17) is 0 Å². The first-order chi connectivity index (χ1) is 6.79. The summed E-state index contributed by atoms with van der Waals surface area (Å²) in [6.07, 6.45) is 4.15. The van der Waals surface area contributed by atoms with Crippen molar-refractivity contribution in [1.82, 2.24) is 5.32 Å². The summed E-state index contributed by atoms with van der Waals surface area (Å²) in [6, 6.07) is 1.36. The molecule has 90 valence electrons. The molecule has 1 heteroatoms. The van der Waals surface area contributed by atoms with Gasteiger partial charge in [0.1, 0.15) is 0 Å². The van der Waals surface area contributed by atoms with Gasteiger partial charge in [0.2, 0.25) is 0 Å². The lowest BCUT2D eigenvalue weighted by Crippen LogP contribution is -2.46. The molecular formula is C14H29N. The van der Waals surface area contributed by atoms with E-state index in [1.807, 2.05) is 0 Å². The third-order valence-electron chi connectivity index (χ3n) is 3.96. The maximum absolute atomic E-state index is 3.82. The Labute approximate surface area is 96.0 Å². The summed E-state index contributed by atoms with van der Waals surface area (Å²) < 4.78 is 0. The Bertz CT molecular complexity index is 182. The van der Waals surface area contributed by atoms with Gasteiger partial charge in [-0.1, -0.05) is 34.6 Å². The molecule has 1 N–H and O–H groups in total. The first-order valence-corrected chi connectivity index (χ1v) is 6.55. The maximum Gasteiger partial charge on any atom is 0.00898 e. The van der Waals surface area contributed by atoms with E-state index in [0.29, 0.717) is 11.5 Å². The Morgan fingerprint density at radius 1 is 1.00 bits per heavy atom. The molecule has 0 aromatic carbocycles. The van der Waals surface area contributed by atoms with E-state index in [9.17, 15) is 0 Å². The number of hydrogen-bond acceptors (Lipinski definition) is 1. The summed E-state index contributed by atoms with van der Waals surface area (Å²) >= 11 is 0. The summed E-state index contributed by atoms with van der Waals surface area (Å²) in [5, 5.41) is 3.82. The molecule has 15 heavy (non-hydrogen) atoms. The minimum absolute atomic E-state index is 0.379. The second-order valence-corrected chi connectivity index (χ2v) is 6.87. The highest BCUT2D eigenvalue weighted by molar-refractivity contribution is 4.85. The number of rotatable bonds is 2. The Hall–Kier alpha value is -0.0400. The molecule has 0 aliphatic heterocycles. The molecule has 0 saturated heterocycles. The zero-order chi connectivity index (χ0) is 11.6. The maximum atomic E-state index is 3.82. The molecule has 0 radical (unpaired) electrons.